The largest absolute Gasteiger partial charge is 0.462 e. The van der Waals surface area contributed by atoms with Crippen LogP contribution in [0.15, 0.2) is 29.8 Å². The number of amides is 1. The molecule has 24 heavy (non-hydrogen) atoms. The number of rotatable bonds is 4. The Balaban J connectivity index is 2.91. The Hall–Kier alpha value is -2.81. The van der Waals surface area contributed by atoms with Crippen molar-refractivity contribution in [3.8, 4) is 6.07 Å². The monoisotopic (exact) mass is 330 g/mol. The van der Waals surface area contributed by atoms with Crippen LogP contribution < -0.4 is 4.90 Å². The molecule has 6 heteroatoms. The number of ether oxygens (including phenoxy) is 2. The molecule has 0 atom stereocenters. The van der Waals surface area contributed by atoms with Crippen molar-refractivity contribution in [2.75, 3.05) is 18.6 Å². The topological polar surface area (TPSA) is 79.6 Å². The third kappa shape index (κ3) is 5.76. The normalized spacial score (nSPS) is 11.4. The number of nitrogens with zero attached hydrogens (tertiary/aromatic N) is 2. The lowest BCUT2D eigenvalue weighted by atomic mass is 10.1. The summed E-state index contributed by atoms with van der Waals surface area (Å²) in [6.07, 6.45) is 0.977. The van der Waals surface area contributed by atoms with Crippen molar-refractivity contribution in [2.24, 2.45) is 0 Å². The SMILES string of the molecule is CCOC(=O)C(C#N)=Cc1ccc(N(C)C(=O)OC(C)(C)C)cc1. The maximum absolute atomic E-state index is 12.0. The number of anilines is 1. The van der Waals surface area contributed by atoms with Crippen molar-refractivity contribution in [1.82, 2.24) is 0 Å². The summed E-state index contributed by atoms with van der Waals surface area (Å²) in [5.41, 5.74) is 0.636. The van der Waals surface area contributed by atoms with Gasteiger partial charge in [-0.2, -0.15) is 5.26 Å². The van der Waals surface area contributed by atoms with Gasteiger partial charge in [0, 0.05) is 12.7 Å². The van der Waals surface area contributed by atoms with Gasteiger partial charge < -0.3 is 9.47 Å². The van der Waals surface area contributed by atoms with Crippen LogP contribution in [0.3, 0.4) is 0 Å². The molecule has 0 radical (unpaired) electrons. The zero-order valence-electron chi connectivity index (χ0n) is 14.6. The van der Waals surface area contributed by atoms with Crippen LogP contribution >= 0.6 is 0 Å². The number of benzene rings is 1. The molecule has 128 valence electrons. The van der Waals surface area contributed by atoms with Crippen LogP contribution in [0.2, 0.25) is 0 Å². The molecular formula is C18H22N2O4. The Morgan fingerprint density at radius 2 is 1.83 bits per heavy atom. The summed E-state index contributed by atoms with van der Waals surface area (Å²) in [4.78, 5) is 25.0. The lowest BCUT2D eigenvalue weighted by Crippen LogP contribution is -2.34. The molecule has 0 saturated carbocycles. The van der Waals surface area contributed by atoms with E-state index in [-0.39, 0.29) is 12.2 Å². The maximum Gasteiger partial charge on any atom is 0.414 e. The van der Waals surface area contributed by atoms with Gasteiger partial charge in [0.1, 0.15) is 17.2 Å². The molecule has 0 saturated heterocycles. The Bertz CT molecular complexity index is 664. The molecule has 0 fully saturated rings. The van der Waals surface area contributed by atoms with Crippen molar-refractivity contribution in [3.05, 3.63) is 35.4 Å². The maximum atomic E-state index is 12.0. The minimum absolute atomic E-state index is 0.0786. The summed E-state index contributed by atoms with van der Waals surface area (Å²) < 4.78 is 10.1. The second-order valence-electron chi connectivity index (χ2n) is 6.02. The van der Waals surface area contributed by atoms with E-state index in [1.807, 2.05) is 6.07 Å². The number of hydrogen-bond acceptors (Lipinski definition) is 5. The van der Waals surface area contributed by atoms with Gasteiger partial charge in [-0.3, -0.25) is 4.90 Å². The van der Waals surface area contributed by atoms with E-state index in [4.69, 9.17) is 14.7 Å². The molecule has 0 spiro atoms. The van der Waals surface area contributed by atoms with Crippen LogP contribution in [0.1, 0.15) is 33.3 Å². The van der Waals surface area contributed by atoms with Crippen LogP contribution in [0.25, 0.3) is 6.08 Å². The molecule has 6 nitrogen and oxygen atoms in total. The molecule has 0 aliphatic rings. The first-order valence-corrected chi connectivity index (χ1v) is 7.53. The van der Waals surface area contributed by atoms with Gasteiger partial charge in [-0.05, 0) is 51.5 Å². The third-order valence-corrected chi connectivity index (χ3v) is 2.87. The number of carbonyl (C=O) groups excluding carboxylic acids is 2. The molecule has 0 aromatic heterocycles. The van der Waals surface area contributed by atoms with E-state index in [1.54, 1.807) is 59.0 Å². The number of nitriles is 1. The summed E-state index contributed by atoms with van der Waals surface area (Å²) in [6.45, 7) is 7.27. The summed E-state index contributed by atoms with van der Waals surface area (Å²) in [6, 6.07) is 8.63. The highest BCUT2D eigenvalue weighted by Crippen LogP contribution is 2.19. The third-order valence-electron chi connectivity index (χ3n) is 2.87. The number of hydrogen-bond donors (Lipinski definition) is 0. The zero-order valence-corrected chi connectivity index (χ0v) is 14.6. The first-order chi connectivity index (χ1) is 11.2. The molecular weight excluding hydrogens is 308 g/mol. The van der Waals surface area contributed by atoms with Crippen LogP contribution in [0.4, 0.5) is 10.5 Å². The predicted molar refractivity (Wildman–Crippen MR) is 91.3 cm³/mol. The highest BCUT2D eigenvalue weighted by Gasteiger charge is 2.20. The Labute approximate surface area is 142 Å². The molecule has 1 aromatic rings. The van der Waals surface area contributed by atoms with Crippen molar-refractivity contribution in [2.45, 2.75) is 33.3 Å². The van der Waals surface area contributed by atoms with Crippen LogP contribution in [-0.2, 0) is 14.3 Å². The lowest BCUT2D eigenvalue weighted by molar-refractivity contribution is -0.137. The fraction of sp³-hybridized carbons (Fsp3) is 0.389. The van der Waals surface area contributed by atoms with Crippen molar-refractivity contribution < 1.29 is 19.1 Å². The fourth-order valence-corrected chi connectivity index (χ4v) is 1.74. The van der Waals surface area contributed by atoms with Crippen molar-refractivity contribution >= 4 is 23.8 Å². The second kappa shape index (κ2) is 8.16. The fourth-order valence-electron chi connectivity index (χ4n) is 1.74. The van der Waals surface area contributed by atoms with Crippen LogP contribution in [0.5, 0.6) is 0 Å². The molecule has 0 unspecified atom stereocenters. The Kier molecular flexibility index (Phi) is 6.54. The van der Waals surface area contributed by atoms with Gasteiger partial charge in [-0.25, -0.2) is 9.59 Å². The van der Waals surface area contributed by atoms with E-state index >= 15 is 0 Å². The van der Waals surface area contributed by atoms with E-state index in [2.05, 4.69) is 0 Å². The van der Waals surface area contributed by atoms with Crippen molar-refractivity contribution in [3.63, 3.8) is 0 Å². The van der Waals surface area contributed by atoms with Gasteiger partial charge in [0.25, 0.3) is 0 Å². The van der Waals surface area contributed by atoms with Gasteiger partial charge in [0.05, 0.1) is 6.61 Å². The van der Waals surface area contributed by atoms with Gasteiger partial charge >= 0.3 is 12.1 Å². The minimum atomic E-state index is -0.657. The molecule has 0 heterocycles. The molecule has 1 aromatic carbocycles. The summed E-state index contributed by atoms with van der Waals surface area (Å²) in [7, 11) is 1.61. The van der Waals surface area contributed by atoms with Gasteiger partial charge in [0.15, 0.2) is 0 Å². The average Bonchev–Trinajstić information content (AvgIpc) is 2.51. The molecule has 1 amide bonds. The van der Waals surface area contributed by atoms with Gasteiger partial charge in [-0.1, -0.05) is 12.1 Å². The highest BCUT2D eigenvalue weighted by atomic mass is 16.6. The summed E-state index contributed by atoms with van der Waals surface area (Å²) >= 11 is 0. The number of esters is 1. The molecule has 0 aliphatic heterocycles. The second-order valence-corrected chi connectivity index (χ2v) is 6.02. The van der Waals surface area contributed by atoms with E-state index in [9.17, 15) is 9.59 Å². The minimum Gasteiger partial charge on any atom is -0.462 e. The first-order valence-electron chi connectivity index (χ1n) is 7.53. The quantitative estimate of drug-likeness (QED) is 0.479. The predicted octanol–water partition coefficient (Wildman–Crippen LogP) is 3.53. The van der Waals surface area contributed by atoms with E-state index < -0.39 is 17.7 Å². The Morgan fingerprint density at radius 3 is 2.29 bits per heavy atom. The first kappa shape index (κ1) is 19.2. The lowest BCUT2D eigenvalue weighted by Gasteiger charge is -2.24. The Morgan fingerprint density at radius 1 is 1.25 bits per heavy atom. The van der Waals surface area contributed by atoms with E-state index in [0.29, 0.717) is 11.3 Å². The molecule has 0 aliphatic carbocycles. The summed E-state index contributed by atoms with van der Waals surface area (Å²) in [5.74, 6) is -0.657. The van der Waals surface area contributed by atoms with Crippen LogP contribution in [-0.4, -0.2) is 31.3 Å². The molecule has 1 rings (SSSR count). The molecule has 0 N–H and O–H groups in total. The van der Waals surface area contributed by atoms with Crippen LogP contribution in [0, 0.1) is 11.3 Å². The van der Waals surface area contributed by atoms with E-state index in [1.165, 1.54) is 11.0 Å². The number of carbonyl (C=O) groups is 2. The zero-order chi connectivity index (χ0) is 18.3. The van der Waals surface area contributed by atoms with Gasteiger partial charge in [0.2, 0.25) is 0 Å². The average molecular weight is 330 g/mol. The smallest absolute Gasteiger partial charge is 0.414 e. The van der Waals surface area contributed by atoms with Gasteiger partial charge in [-0.15, -0.1) is 0 Å². The summed E-state index contributed by atoms with van der Waals surface area (Å²) in [5, 5.41) is 9.02. The van der Waals surface area contributed by atoms with Crippen molar-refractivity contribution in [1.29, 1.82) is 5.26 Å². The van der Waals surface area contributed by atoms with E-state index in [0.717, 1.165) is 0 Å². The highest BCUT2D eigenvalue weighted by molar-refractivity contribution is 5.98. The molecule has 0 bridgehead atoms. The standard InChI is InChI=1S/C18H22N2O4/c1-6-23-16(21)14(12-19)11-13-7-9-15(10-8-13)20(5)17(22)24-18(2,3)4/h7-11H,6H2,1-5H3.